The molecule has 0 aromatic carbocycles. The van der Waals surface area contributed by atoms with Crippen molar-refractivity contribution in [1.29, 1.82) is 0 Å². The topological polar surface area (TPSA) is 29.9 Å². The van der Waals surface area contributed by atoms with Crippen molar-refractivity contribution < 1.29 is 0 Å². The van der Waals surface area contributed by atoms with Crippen molar-refractivity contribution in [2.45, 2.75) is 19.8 Å². The highest BCUT2D eigenvalue weighted by Gasteiger charge is 2.36. The molecular formula is C10H17N3. The Bertz CT molecular complexity index is 301. The molecule has 1 fully saturated rings. The minimum Gasteiger partial charge on any atom is -0.315 e. The lowest BCUT2D eigenvalue weighted by Gasteiger charge is -2.23. The van der Waals surface area contributed by atoms with E-state index >= 15 is 0 Å². The van der Waals surface area contributed by atoms with Crippen LogP contribution in [0.3, 0.4) is 0 Å². The van der Waals surface area contributed by atoms with Crippen molar-refractivity contribution in [1.82, 2.24) is 15.1 Å². The van der Waals surface area contributed by atoms with Gasteiger partial charge in [0.15, 0.2) is 0 Å². The molecule has 0 bridgehead atoms. The zero-order chi connectivity index (χ0) is 9.47. The maximum Gasteiger partial charge on any atom is 0.0673 e. The largest absolute Gasteiger partial charge is 0.315 e. The minimum atomic E-state index is 0.342. The highest BCUT2D eigenvalue weighted by atomic mass is 15.3. The first kappa shape index (κ1) is 8.75. The lowest BCUT2D eigenvalue weighted by atomic mass is 9.80. The molecule has 1 atom stereocenters. The smallest absolute Gasteiger partial charge is 0.0673 e. The molecule has 0 spiro atoms. The van der Waals surface area contributed by atoms with Gasteiger partial charge in [0.25, 0.3) is 0 Å². The molecule has 2 heterocycles. The van der Waals surface area contributed by atoms with E-state index in [2.05, 4.69) is 30.3 Å². The van der Waals surface area contributed by atoms with E-state index in [1.165, 1.54) is 5.69 Å². The molecule has 1 N–H and O–H groups in total. The molecule has 1 aromatic rings. The molecule has 3 nitrogen and oxygen atoms in total. The number of nitrogens with one attached hydrogen (secondary N) is 1. The number of aryl methyl sites for hydroxylation is 1. The summed E-state index contributed by atoms with van der Waals surface area (Å²) >= 11 is 0. The van der Waals surface area contributed by atoms with E-state index in [9.17, 15) is 0 Å². The highest BCUT2D eigenvalue weighted by molar-refractivity contribution is 5.14. The molecule has 2 rings (SSSR count). The normalized spacial score (nSPS) is 26.5. The van der Waals surface area contributed by atoms with Crippen LogP contribution in [0.4, 0.5) is 0 Å². The Kier molecular flexibility index (Phi) is 1.91. The van der Waals surface area contributed by atoms with Crippen LogP contribution in [0, 0.1) is 5.41 Å². The highest BCUT2D eigenvalue weighted by Crippen LogP contribution is 2.37. The van der Waals surface area contributed by atoms with Gasteiger partial charge < -0.3 is 5.32 Å². The Balaban J connectivity index is 2.26. The van der Waals surface area contributed by atoms with Crippen molar-refractivity contribution in [3.63, 3.8) is 0 Å². The Morgan fingerprint density at radius 1 is 1.62 bits per heavy atom. The Morgan fingerprint density at radius 3 is 2.85 bits per heavy atom. The van der Waals surface area contributed by atoms with Crippen LogP contribution >= 0.6 is 0 Å². The number of rotatable bonds is 1. The van der Waals surface area contributed by atoms with Crippen molar-refractivity contribution in [2.24, 2.45) is 12.5 Å². The van der Waals surface area contributed by atoms with Gasteiger partial charge in [-0.1, -0.05) is 13.8 Å². The van der Waals surface area contributed by atoms with Gasteiger partial charge in [-0.05, 0) is 11.5 Å². The second-order valence-electron chi connectivity index (χ2n) is 4.59. The predicted molar refractivity (Wildman–Crippen MR) is 52.6 cm³/mol. The fourth-order valence-corrected chi connectivity index (χ4v) is 2.06. The maximum absolute atomic E-state index is 4.46. The summed E-state index contributed by atoms with van der Waals surface area (Å²) in [5, 5.41) is 7.89. The van der Waals surface area contributed by atoms with E-state index in [1.54, 1.807) is 0 Å². The summed E-state index contributed by atoms with van der Waals surface area (Å²) in [6.45, 7) is 6.75. The second-order valence-corrected chi connectivity index (χ2v) is 4.59. The van der Waals surface area contributed by atoms with E-state index in [0.29, 0.717) is 11.3 Å². The van der Waals surface area contributed by atoms with Gasteiger partial charge in [-0.15, -0.1) is 0 Å². The molecular weight excluding hydrogens is 162 g/mol. The van der Waals surface area contributed by atoms with Gasteiger partial charge in [0.2, 0.25) is 0 Å². The number of hydrogen-bond acceptors (Lipinski definition) is 2. The third kappa shape index (κ3) is 1.48. The fourth-order valence-electron chi connectivity index (χ4n) is 2.06. The van der Waals surface area contributed by atoms with Crippen LogP contribution in [0.25, 0.3) is 0 Å². The van der Waals surface area contributed by atoms with Crippen molar-refractivity contribution in [2.75, 3.05) is 13.1 Å². The quantitative estimate of drug-likeness (QED) is 0.700. The number of hydrogen-bond donors (Lipinski definition) is 1. The van der Waals surface area contributed by atoms with Crippen molar-refractivity contribution >= 4 is 0 Å². The average Bonchev–Trinajstić information content (AvgIpc) is 2.56. The molecule has 0 amide bonds. The third-order valence-corrected chi connectivity index (χ3v) is 2.96. The molecule has 1 saturated heterocycles. The summed E-state index contributed by atoms with van der Waals surface area (Å²) in [5.41, 5.74) is 1.56. The first-order valence-corrected chi connectivity index (χ1v) is 4.80. The van der Waals surface area contributed by atoms with Crippen molar-refractivity contribution in [3.05, 3.63) is 18.0 Å². The van der Waals surface area contributed by atoms with Gasteiger partial charge in [-0.3, -0.25) is 4.68 Å². The van der Waals surface area contributed by atoms with Gasteiger partial charge in [-0.2, -0.15) is 5.10 Å². The molecule has 13 heavy (non-hydrogen) atoms. The Labute approximate surface area is 79.1 Å². The standard InChI is InChI=1S/C10H17N3/c1-10(2)7-11-6-8(10)9-4-5-13(3)12-9/h4-5,8,11H,6-7H2,1-3H3/t8-/m0/s1. The molecule has 0 radical (unpaired) electrons. The predicted octanol–water partition coefficient (Wildman–Crippen LogP) is 1.13. The van der Waals surface area contributed by atoms with Crippen LogP contribution in [0.5, 0.6) is 0 Å². The zero-order valence-corrected chi connectivity index (χ0v) is 8.54. The SMILES string of the molecule is Cn1ccc([C@@H]2CNCC2(C)C)n1. The molecule has 0 saturated carbocycles. The average molecular weight is 179 g/mol. The van der Waals surface area contributed by atoms with Crippen LogP contribution in [-0.4, -0.2) is 22.9 Å². The minimum absolute atomic E-state index is 0.342. The van der Waals surface area contributed by atoms with Gasteiger partial charge in [0.05, 0.1) is 5.69 Å². The molecule has 1 aliphatic heterocycles. The summed E-state index contributed by atoms with van der Waals surface area (Å²) in [6.07, 6.45) is 2.02. The van der Waals surface area contributed by atoms with Crippen LogP contribution in [0.1, 0.15) is 25.5 Å². The van der Waals surface area contributed by atoms with Gasteiger partial charge in [-0.25, -0.2) is 0 Å². The molecule has 1 aromatic heterocycles. The third-order valence-electron chi connectivity index (χ3n) is 2.96. The van der Waals surface area contributed by atoms with Crippen LogP contribution in [0.2, 0.25) is 0 Å². The number of aromatic nitrogens is 2. The van der Waals surface area contributed by atoms with Gasteiger partial charge in [0.1, 0.15) is 0 Å². The lowest BCUT2D eigenvalue weighted by Crippen LogP contribution is -2.21. The van der Waals surface area contributed by atoms with E-state index in [0.717, 1.165) is 13.1 Å². The summed E-state index contributed by atoms with van der Waals surface area (Å²) < 4.78 is 1.88. The first-order valence-electron chi connectivity index (χ1n) is 4.80. The lowest BCUT2D eigenvalue weighted by molar-refractivity contribution is 0.356. The van der Waals surface area contributed by atoms with Crippen LogP contribution < -0.4 is 5.32 Å². The fraction of sp³-hybridized carbons (Fsp3) is 0.700. The van der Waals surface area contributed by atoms with Crippen molar-refractivity contribution in [3.8, 4) is 0 Å². The summed E-state index contributed by atoms with van der Waals surface area (Å²) in [4.78, 5) is 0. The summed E-state index contributed by atoms with van der Waals surface area (Å²) in [6, 6.07) is 2.12. The monoisotopic (exact) mass is 179 g/mol. The molecule has 0 aliphatic carbocycles. The molecule has 0 unspecified atom stereocenters. The van der Waals surface area contributed by atoms with Gasteiger partial charge in [0, 0.05) is 32.3 Å². The maximum atomic E-state index is 4.46. The first-order chi connectivity index (χ1) is 6.09. The Hall–Kier alpha value is -0.830. The zero-order valence-electron chi connectivity index (χ0n) is 8.54. The van der Waals surface area contributed by atoms with Gasteiger partial charge >= 0.3 is 0 Å². The van der Waals surface area contributed by atoms with E-state index in [-0.39, 0.29) is 0 Å². The molecule has 72 valence electrons. The van der Waals surface area contributed by atoms with Crippen LogP contribution in [0.15, 0.2) is 12.3 Å². The van der Waals surface area contributed by atoms with Crippen LogP contribution in [-0.2, 0) is 7.05 Å². The van der Waals surface area contributed by atoms with E-state index in [4.69, 9.17) is 0 Å². The van der Waals surface area contributed by atoms with E-state index in [1.807, 2.05) is 17.9 Å². The number of nitrogens with zero attached hydrogens (tertiary/aromatic N) is 2. The van der Waals surface area contributed by atoms with E-state index < -0.39 is 0 Å². The summed E-state index contributed by atoms with van der Waals surface area (Å²) in [5.74, 6) is 0.564. The molecule has 3 heteroatoms. The Morgan fingerprint density at radius 2 is 2.38 bits per heavy atom. The summed E-state index contributed by atoms with van der Waals surface area (Å²) in [7, 11) is 1.97. The second kappa shape index (κ2) is 2.84. The molecule has 1 aliphatic rings.